The largest absolute Gasteiger partial charge is 0.464 e. The van der Waals surface area contributed by atoms with Crippen LogP contribution in [0.4, 0.5) is 5.82 Å². The predicted molar refractivity (Wildman–Crippen MR) is 121 cm³/mol. The minimum Gasteiger partial charge on any atom is -0.464 e. The summed E-state index contributed by atoms with van der Waals surface area (Å²) in [7, 11) is 2.95. The molecule has 2 heterocycles. The van der Waals surface area contributed by atoms with Crippen molar-refractivity contribution >= 4 is 29.1 Å². The number of rotatable bonds is 8. The number of aliphatic hydroxyl groups is 1. The third kappa shape index (κ3) is 5.04. The van der Waals surface area contributed by atoms with E-state index < -0.39 is 12.1 Å². The second kappa shape index (κ2) is 10.4. The summed E-state index contributed by atoms with van der Waals surface area (Å²) in [4.78, 5) is 28.8. The molecule has 1 amide bonds. The van der Waals surface area contributed by atoms with E-state index in [1.54, 1.807) is 24.0 Å². The highest BCUT2D eigenvalue weighted by molar-refractivity contribution is 6.07. The number of esters is 1. The fraction of sp³-hybridized carbons (Fsp3) is 0.304. The molecule has 0 aliphatic carbocycles. The molecule has 1 atom stereocenters. The van der Waals surface area contributed by atoms with Gasteiger partial charge in [0.1, 0.15) is 11.9 Å². The van der Waals surface area contributed by atoms with Crippen molar-refractivity contribution in [3.05, 3.63) is 47.8 Å². The number of hydrogen-bond acceptors (Lipinski definition) is 7. The summed E-state index contributed by atoms with van der Waals surface area (Å²) < 4.78 is 6.56. The number of nitrogens with one attached hydrogen (secondary N) is 1. The van der Waals surface area contributed by atoms with Crippen molar-refractivity contribution in [3.8, 4) is 17.5 Å². The summed E-state index contributed by atoms with van der Waals surface area (Å²) in [6.45, 7) is 2.99. The van der Waals surface area contributed by atoms with Gasteiger partial charge in [-0.15, -0.1) is 0 Å². The molecule has 0 radical (unpaired) electrons. The number of carbonyl (C=O) groups excluding carboxylic acids is 2. The lowest BCUT2D eigenvalue weighted by Crippen LogP contribution is -2.21. The smallest absolute Gasteiger partial charge is 0.359 e. The van der Waals surface area contributed by atoms with E-state index in [-0.39, 0.29) is 5.69 Å². The van der Waals surface area contributed by atoms with E-state index >= 15 is 0 Å². The number of anilines is 1. The lowest BCUT2D eigenvalue weighted by Gasteiger charge is -2.10. The number of nitrogens with zero attached hydrogens (tertiary/aromatic N) is 4. The van der Waals surface area contributed by atoms with Crippen molar-refractivity contribution in [3.63, 3.8) is 0 Å². The third-order valence-electron chi connectivity index (χ3n) is 4.73. The van der Waals surface area contributed by atoms with Crippen LogP contribution in [-0.2, 0) is 9.53 Å². The van der Waals surface area contributed by atoms with Crippen LogP contribution in [0.3, 0.4) is 0 Å². The van der Waals surface area contributed by atoms with Crippen LogP contribution in [0.5, 0.6) is 0 Å². The highest BCUT2D eigenvalue weighted by Gasteiger charge is 2.22. The van der Waals surface area contributed by atoms with Crippen molar-refractivity contribution in [2.24, 2.45) is 0 Å². The maximum atomic E-state index is 12.4. The van der Waals surface area contributed by atoms with Gasteiger partial charge in [-0.1, -0.05) is 17.9 Å². The van der Waals surface area contributed by atoms with E-state index in [0.717, 1.165) is 0 Å². The molecule has 0 bridgehead atoms. The minimum absolute atomic E-state index is 0.165. The Hall–Kier alpha value is -3.90. The van der Waals surface area contributed by atoms with Crippen molar-refractivity contribution in [2.45, 2.75) is 19.4 Å². The molecule has 9 nitrogen and oxygen atoms in total. The molecular formula is C23H25N5O4. The van der Waals surface area contributed by atoms with Gasteiger partial charge in [-0.2, -0.15) is 5.10 Å². The third-order valence-corrected chi connectivity index (χ3v) is 4.73. The molecule has 0 fully saturated rings. The van der Waals surface area contributed by atoms with Crippen LogP contribution in [-0.4, -0.2) is 70.5 Å². The van der Waals surface area contributed by atoms with Crippen LogP contribution in [0.2, 0.25) is 0 Å². The van der Waals surface area contributed by atoms with E-state index in [4.69, 9.17) is 4.74 Å². The molecule has 0 saturated carbocycles. The Kier molecular flexibility index (Phi) is 7.41. The zero-order chi connectivity index (χ0) is 23.1. The summed E-state index contributed by atoms with van der Waals surface area (Å²) in [5, 5.41) is 18.3. The van der Waals surface area contributed by atoms with Crippen LogP contribution in [0.15, 0.2) is 36.5 Å². The lowest BCUT2D eigenvalue weighted by molar-refractivity contribution is -0.117. The van der Waals surface area contributed by atoms with Crippen molar-refractivity contribution in [2.75, 3.05) is 32.6 Å². The van der Waals surface area contributed by atoms with Gasteiger partial charge in [0.15, 0.2) is 5.69 Å². The Morgan fingerprint density at radius 2 is 2.22 bits per heavy atom. The van der Waals surface area contributed by atoms with Crippen LogP contribution in [0.25, 0.3) is 16.6 Å². The summed E-state index contributed by atoms with van der Waals surface area (Å²) in [6, 6.07) is 9.09. The lowest BCUT2D eigenvalue weighted by atomic mass is 10.1. The SMILES string of the molecule is CCNc1nccc2c1c(C(=O)OC)nn2-c1cccc(C#CC(O)CCN(C)C=O)c1. The fourth-order valence-electron chi connectivity index (χ4n) is 3.14. The van der Waals surface area contributed by atoms with E-state index in [2.05, 4.69) is 27.2 Å². The van der Waals surface area contributed by atoms with Crippen molar-refractivity contribution in [1.82, 2.24) is 19.7 Å². The highest BCUT2D eigenvalue weighted by Crippen LogP contribution is 2.28. The molecule has 1 unspecified atom stereocenters. The van der Waals surface area contributed by atoms with Gasteiger partial charge < -0.3 is 20.1 Å². The Balaban J connectivity index is 1.98. The van der Waals surface area contributed by atoms with Gasteiger partial charge in [-0.05, 0) is 31.2 Å². The first-order valence-corrected chi connectivity index (χ1v) is 10.1. The molecule has 2 aromatic heterocycles. The number of aromatic nitrogens is 3. The monoisotopic (exact) mass is 435 g/mol. The number of ether oxygens (including phenoxy) is 1. The number of hydrogen-bond donors (Lipinski definition) is 2. The number of benzene rings is 1. The highest BCUT2D eigenvalue weighted by atomic mass is 16.5. The van der Waals surface area contributed by atoms with Gasteiger partial charge in [0.05, 0.1) is 23.7 Å². The fourth-order valence-corrected chi connectivity index (χ4v) is 3.14. The number of pyridine rings is 1. The van der Waals surface area contributed by atoms with Gasteiger partial charge in [-0.3, -0.25) is 4.79 Å². The molecular weight excluding hydrogens is 410 g/mol. The Morgan fingerprint density at radius 1 is 1.41 bits per heavy atom. The van der Waals surface area contributed by atoms with Gasteiger partial charge in [0, 0.05) is 38.3 Å². The summed E-state index contributed by atoms with van der Waals surface area (Å²) >= 11 is 0. The Morgan fingerprint density at radius 3 is 2.94 bits per heavy atom. The topological polar surface area (TPSA) is 110 Å². The molecule has 3 rings (SSSR count). The summed E-state index contributed by atoms with van der Waals surface area (Å²) in [6.07, 6.45) is 1.85. The average Bonchev–Trinajstić information content (AvgIpc) is 3.21. The molecule has 0 aliphatic rings. The predicted octanol–water partition coefficient (Wildman–Crippen LogP) is 1.83. The van der Waals surface area contributed by atoms with Gasteiger partial charge in [0.25, 0.3) is 0 Å². The maximum absolute atomic E-state index is 12.4. The number of methoxy groups -OCH3 is 1. The molecule has 0 aliphatic heterocycles. The molecule has 0 spiro atoms. The summed E-state index contributed by atoms with van der Waals surface area (Å²) in [5.74, 6) is 5.74. The van der Waals surface area contributed by atoms with Crippen LogP contribution >= 0.6 is 0 Å². The van der Waals surface area contributed by atoms with Crippen LogP contribution < -0.4 is 5.32 Å². The van der Waals surface area contributed by atoms with Gasteiger partial charge >= 0.3 is 5.97 Å². The Labute approximate surface area is 186 Å². The zero-order valence-corrected chi connectivity index (χ0v) is 18.2. The van der Waals surface area contributed by atoms with Crippen molar-refractivity contribution in [1.29, 1.82) is 0 Å². The molecule has 3 aromatic rings. The van der Waals surface area contributed by atoms with E-state index in [1.165, 1.54) is 12.0 Å². The summed E-state index contributed by atoms with van der Waals surface area (Å²) in [5.41, 5.74) is 2.23. The molecule has 2 N–H and O–H groups in total. The second-order valence-corrected chi connectivity index (χ2v) is 7.05. The van der Waals surface area contributed by atoms with Gasteiger partial charge in [0.2, 0.25) is 6.41 Å². The minimum atomic E-state index is -0.855. The second-order valence-electron chi connectivity index (χ2n) is 7.05. The van der Waals surface area contributed by atoms with Crippen molar-refractivity contribution < 1.29 is 19.4 Å². The Bertz CT molecular complexity index is 1180. The normalized spacial score (nSPS) is 11.4. The standard InChI is InChI=1S/C23H25N5O4/c1-4-24-22-20-19(10-12-25-22)28(26-21(20)23(31)32-3)17-7-5-6-16(14-17)8-9-18(30)11-13-27(2)15-29/h5-7,10,12,14-15,18,30H,4,11,13H2,1-3H3,(H,24,25). The van der Waals surface area contributed by atoms with Crippen LogP contribution in [0, 0.1) is 11.8 Å². The number of amides is 1. The number of carbonyl (C=O) groups is 2. The number of fused-ring (bicyclic) bond motifs is 1. The average molecular weight is 435 g/mol. The molecule has 9 heteroatoms. The first kappa shape index (κ1) is 22.8. The van der Waals surface area contributed by atoms with E-state index in [9.17, 15) is 14.7 Å². The first-order valence-electron chi connectivity index (χ1n) is 10.1. The zero-order valence-electron chi connectivity index (χ0n) is 18.2. The van der Waals surface area contributed by atoms with E-state index in [1.807, 2.05) is 31.2 Å². The van der Waals surface area contributed by atoms with E-state index in [0.29, 0.717) is 53.9 Å². The molecule has 0 saturated heterocycles. The van der Waals surface area contributed by atoms with Crippen LogP contribution in [0.1, 0.15) is 29.4 Å². The number of aliphatic hydroxyl groups excluding tert-OH is 1. The van der Waals surface area contributed by atoms with Gasteiger partial charge in [-0.25, -0.2) is 14.5 Å². The molecule has 166 valence electrons. The molecule has 1 aromatic carbocycles. The quantitative estimate of drug-likeness (QED) is 0.316. The first-order chi connectivity index (χ1) is 15.5. The maximum Gasteiger partial charge on any atom is 0.359 e. The molecule has 32 heavy (non-hydrogen) atoms.